The van der Waals surface area contributed by atoms with Crippen LogP contribution in [-0.2, 0) is 17.4 Å². The van der Waals surface area contributed by atoms with Crippen LogP contribution in [0.5, 0.6) is 11.8 Å². The molecule has 0 aliphatic carbocycles. The quantitative estimate of drug-likeness (QED) is 0.329. The molecule has 5 rings (SSSR count). The molecule has 0 fully saturated rings. The van der Waals surface area contributed by atoms with Crippen LogP contribution in [0, 0.1) is 0 Å². The Morgan fingerprint density at radius 2 is 1.81 bits per heavy atom. The summed E-state index contributed by atoms with van der Waals surface area (Å²) in [6.07, 6.45) is 5.37. The maximum Gasteiger partial charge on any atom is 0.301 e. The zero-order valence-electron chi connectivity index (χ0n) is 20.2. The molecule has 0 aliphatic rings. The molecule has 0 saturated heterocycles. The van der Waals surface area contributed by atoms with Crippen LogP contribution < -0.4 is 10.1 Å². The lowest BCUT2D eigenvalue weighted by Gasteiger charge is -2.24. The lowest BCUT2D eigenvalue weighted by Crippen LogP contribution is -2.40. The SMILES string of the molecule is CC(=O)NC(C)(C)c1ccc(Oc2nc3nc(-c4ccc(-c5cnn(C)c5)cc4)c(Cl)cc3[nH]2)cn1. The fourth-order valence-corrected chi connectivity index (χ4v) is 4.22. The smallest absolute Gasteiger partial charge is 0.301 e. The van der Waals surface area contributed by atoms with Gasteiger partial charge in [-0.1, -0.05) is 35.9 Å². The number of imidazole rings is 1. The third-order valence-electron chi connectivity index (χ3n) is 5.68. The average Bonchev–Trinajstić information content (AvgIpc) is 3.43. The van der Waals surface area contributed by atoms with E-state index in [0.29, 0.717) is 33.3 Å². The number of rotatable bonds is 6. The van der Waals surface area contributed by atoms with Crippen molar-refractivity contribution < 1.29 is 9.53 Å². The highest BCUT2D eigenvalue weighted by Crippen LogP contribution is 2.32. The summed E-state index contributed by atoms with van der Waals surface area (Å²) in [5.74, 6) is 0.369. The van der Waals surface area contributed by atoms with Gasteiger partial charge in [-0.15, -0.1) is 0 Å². The van der Waals surface area contributed by atoms with Gasteiger partial charge in [0.25, 0.3) is 0 Å². The number of nitrogens with zero attached hydrogens (tertiary/aromatic N) is 5. The van der Waals surface area contributed by atoms with Gasteiger partial charge >= 0.3 is 6.01 Å². The number of carbonyl (C=O) groups excluding carboxylic acids is 1. The highest BCUT2D eigenvalue weighted by molar-refractivity contribution is 6.33. The highest BCUT2D eigenvalue weighted by atomic mass is 35.5. The van der Waals surface area contributed by atoms with Crippen molar-refractivity contribution in [2.24, 2.45) is 7.05 Å². The van der Waals surface area contributed by atoms with E-state index in [1.54, 1.807) is 29.1 Å². The number of H-pyrrole nitrogens is 1. The number of ether oxygens (including phenoxy) is 1. The molecule has 0 bridgehead atoms. The first-order chi connectivity index (χ1) is 17.2. The molecule has 0 saturated carbocycles. The maximum atomic E-state index is 11.4. The van der Waals surface area contributed by atoms with E-state index in [-0.39, 0.29) is 11.9 Å². The van der Waals surface area contributed by atoms with Crippen molar-refractivity contribution >= 4 is 28.7 Å². The lowest BCUT2D eigenvalue weighted by molar-refractivity contribution is -0.120. The van der Waals surface area contributed by atoms with Crippen LogP contribution in [0.15, 0.2) is 61.1 Å². The Balaban J connectivity index is 1.37. The molecule has 10 heteroatoms. The van der Waals surface area contributed by atoms with E-state index in [1.165, 1.54) is 6.92 Å². The van der Waals surface area contributed by atoms with Gasteiger partial charge in [0.15, 0.2) is 5.65 Å². The van der Waals surface area contributed by atoms with Gasteiger partial charge in [0.05, 0.1) is 39.9 Å². The molecule has 4 heterocycles. The molecule has 2 N–H and O–H groups in total. The Morgan fingerprint density at radius 3 is 2.44 bits per heavy atom. The Morgan fingerprint density at radius 1 is 1.06 bits per heavy atom. The van der Waals surface area contributed by atoms with Crippen molar-refractivity contribution in [3.8, 4) is 34.1 Å². The van der Waals surface area contributed by atoms with Crippen LogP contribution in [0.2, 0.25) is 5.02 Å². The molecule has 0 spiro atoms. The second-order valence-electron chi connectivity index (χ2n) is 9.00. The number of fused-ring (bicyclic) bond motifs is 1. The standard InChI is InChI=1S/C26H24ClN7O2/c1-15(35)33-26(2,3)22-10-9-19(13-28-22)36-25-30-21-11-20(27)23(31-24(21)32-25)17-7-5-16(6-8-17)18-12-29-34(4)14-18/h5-14H,1-4H3,(H,33,35)(H,30,31,32). The molecular weight excluding hydrogens is 478 g/mol. The Kier molecular flexibility index (Phi) is 5.93. The Hall–Kier alpha value is -4.24. The van der Waals surface area contributed by atoms with Gasteiger partial charge < -0.3 is 15.0 Å². The predicted octanol–water partition coefficient (Wildman–Crippen LogP) is 5.24. The van der Waals surface area contributed by atoms with E-state index in [0.717, 1.165) is 16.7 Å². The van der Waals surface area contributed by atoms with Crippen LogP contribution in [0.3, 0.4) is 0 Å². The van der Waals surface area contributed by atoms with Crippen LogP contribution in [-0.4, -0.2) is 35.6 Å². The van der Waals surface area contributed by atoms with E-state index in [2.05, 4.69) is 30.4 Å². The first kappa shape index (κ1) is 23.5. The van der Waals surface area contributed by atoms with E-state index in [9.17, 15) is 4.79 Å². The number of aromatic amines is 1. The molecule has 0 aliphatic heterocycles. The topological polar surface area (TPSA) is 111 Å². The molecule has 182 valence electrons. The Labute approximate surface area is 212 Å². The van der Waals surface area contributed by atoms with Gasteiger partial charge in [-0.2, -0.15) is 10.1 Å². The lowest BCUT2D eigenvalue weighted by atomic mass is 10.00. The zero-order chi connectivity index (χ0) is 25.4. The Bertz CT molecular complexity index is 1550. The molecule has 0 radical (unpaired) electrons. The number of hydrogen-bond acceptors (Lipinski definition) is 6. The minimum Gasteiger partial charge on any atom is -0.424 e. The normalized spacial score (nSPS) is 11.6. The van der Waals surface area contributed by atoms with Crippen molar-refractivity contribution in [2.45, 2.75) is 26.3 Å². The van der Waals surface area contributed by atoms with Crippen molar-refractivity contribution in [1.29, 1.82) is 0 Å². The second-order valence-corrected chi connectivity index (χ2v) is 9.41. The van der Waals surface area contributed by atoms with E-state index >= 15 is 0 Å². The summed E-state index contributed by atoms with van der Waals surface area (Å²) in [5, 5.41) is 7.59. The molecular formula is C26H24ClN7O2. The van der Waals surface area contributed by atoms with Crippen molar-refractivity contribution in [3.05, 3.63) is 71.8 Å². The third kappa shape index (κ3) is 4.78. The first-order valence-electron chi connectivity index (χ1n) is 11.3. The predicted molar refractivity (Wildman–Crippen MR) is 138 cm³/mol. The molecule has 4 aromatic heterocycles. The molecule has 9 nitrogen and oxygen atoms in total. The minimum absolute atomic E-state index is 0.126. The number of amides is 1. The summed E-state index contributed by atoms with van der Waals surface area (Å²) in [7, 11) is 1.89. The number of aromatic nitrogens is 6. The van der Waals surface area contributed by atoms with Gasteiger partial charge in [-0.3, -0.25) is 14.5 Å². The molecule has 36 heavy (non-hydrogen) atoms. The van der Waals surface area contributed by atoms with Gasteiger partial charge in [-0.05, 0) is 37.6 Å². The number of aryl methyl sites for hydroxylation is 1. The third-order valence-corrected chi connectivity index (χ3v) is 5.97. The number of nitrogens with one attached hydrogen (secondary N) is 2. The van der Waals surface area contributed by atoms with Gasteiger partial charge in [0, 0.05) is 31.3 Å². The maximum absolute atomic E-state index is 11.4. The molecule has 0 unspecified atom stereocenters. The summed E-state index contributed by atoms with van der Waals surface area (Å²) in [4.78, 5) is 28.1. The summed E-state index contributed by atoms with van der Waals surface area (Å²) in [6, 6.07) is 13.6. The zero-order valence-corrected chi connectivity index (χ0v) is 21.0. The number of hydrogen-bond donors (Lipinski definition) is 2. The number of halogens is 1. The fourth-order valence-electron chi connectivity index (χ4n) is 3.96. The average molecular weight is 502 g/mol. The monoisotopic (exact) mass is 501 g/mol. The summed E-state index contributed by atoms with van der Waals surface area (Å²) < 4.78 is 7.62. The second kappa shape index (κ2) is 9.09. The van der Waals surface area contributed by atoms with Crippen LogP contribution >= 0.6 is 11.6 Å². The molecule has 1 amide bonds. The van der Waals surface area contributed by atoms with E-state index in [4.69, 9.17) is 16.3 Å². The summed E-state index contributed by atoms with van der Waals surface area (Å²) in [5.41, 5.74) is 4.85. The highest BCUT2D eigenvalue weighted by Gasteiger charge is 2.23. The number of benzene rings is 1. The largest absolute Gasteiger partial charge is 0.424 e. The van der Waals surface area contributed by atoms with E-state index in [1.807, 2.05) is 57.6 Å². The summed E-state index contributed by atoms with van der Waals surface area (Å²) in [6.45, 7) is 5.25. The van der Waals surface area contributed by atoms with Crippen molar-refractivity contribution in [3.63, 3.8) is 0 Å². The first-order valence-corrected chi connectivity index (χ1v) is 11.6. The van der Waals surface area contributed by atoms with Crippen LogP contribution in [0.1, 0.15) is 26.5 Å². The van der Waals surface area contributed by atoms with Gasteiger partial charge in [-0.25, -0.2) is 4.98 Å². The summed E-state index contributed by atoms with van der Waals surface area (Å²) >= 11 is 6.56. The minimum atomic E-state index is -0.600. The number of carbonyl (C=O) groups is 1. The van der Waals surface area contributed by atoms with Crippen molar-refractivity contribution in [2.75, 3.05) is 0 Å². The van der Waals surface area contributed by atoms with Crippen LogP contribution in [0.4, 0.5) is 0 Å². The van der Waals surface area contributed by atoms with Crippen molar-refractivity contribution in [1.82, 2.24) is 35.0 Å². The molecule has 5 aromatic rings. The van der Waals surface area contributed by atoms with Gasteiger partial charge in [0.2, 0.25) is 5.91 Å². The van der Waals surface area contributed by atoms with Gasteiger partial charge in [0.1, 0.15) is 5.75 Å². The fraction of sp³-hybridized carbons (Fsp3) is 0.192. The molecule has 1 aromatic carbocycles. The van der Waals surface area contributed by atoms with Crippen LogP contribution in [0.25, 0.3) is 33.5 Å². The number of pyridine rings is 2. The van der Waals surface area contributed by atoms with E-state index < -0.39 is 5.54 Å². The molecule has 0 atom stereocenters.